The highest BCUT2D eigenvalue weighted by atomic mass is 35.5. The lowest BCUT2D eigenvalue weighted by Crippen LogP contribution is -1.95. The minimum atomic E-state index is -0.336. The Morgan fingerprint density at radius 3 is 2.44 bits per heavy atom. The fourth-order valence-electron chi connectivity index (χ4n) is 1.87. The van der Waals surface area contributed by atoms with E-state index in [9.17, 15) is 0 Å². The Labute approximate surface area is 118 Å². The average molecular weight is 283 g/mol. The number of alkyl halides is 1. The SMILES string of the molecule is CCc1ccc(C(Cl)c2cc(C)c(C)cc2Cl)o1. The third-order valence-electron chi connectivity index (χ3n) is 3.17. The maximum Gasteiger partial charge on any atom is 0.126 e. The molecule has 2 rings (SSSR count). The third kappa shape index (κ3) is 2.57. The van der Waals surface area contributed by atoms with E-state index in [4.69, 9.17) is 27.6 Å². The zero-order valence-electron chi connectivity index (χ0n) is 10.8. The van der Waals surface area contributed by atoms with Crippen LogP contribution in [-0.2, 0) is 6.42 Å². The number of aryl methyl sites for hydroxylation is 3. The second-order valence-electron chi connectivity index (χ2n) is 4.48. The van der Waals surface area contributed by atoms with Crippen LogP contribution in [0.1, 0.15) is 40.5 Å². The van der Waals surface area contributed by atoms with Crippen molar-refractivity contribution < 1.29 is 4.42 Å². The van der Waals surface area contributed by atoms with Crippen molar-refractivity contribution in [2.75, 3.05) is 0 Å². The van der Waals surface area contributed by atoms with E-state index in [1.165, 1.54) is 11.1 Å². The number of halogens is 2. The molecule has 1 heterocycles. The summed E-state index contributed by atoms with van der Waals surface area (Å²) in [5.74, 6) is 1.69. The molecule has 1 aromatic heterocycles. The van der Waals surface area contributed by atoms with Gasteiger partial charge in [-0.2, -0.15) is 0 Å². The Bertz CT molecular complexity index is 558. The molecule has 0 aliphatic heterocycles. The van der Waals surface area contributed by atoms with Crippen molar-refractivity contribution in [1.29, 1.82) is 0 Å². The van der Waals surface area contributed by atoms with Gasteiger partial charge in [0, 0.05) is 11.4 Å². The highest BCUT2D eigenvalue weighted by Crippen LogP contribution is 2.35. The van der Waals surface area contributed by atoms with Crippen molar-refractivity contribution in [1.82, 2.24) is 0 Å². The van der Waals surface area contributed by atoms with Gasteiger partial charge >= 0.3 is 0 Å². The van der Waals surface area contributed by atoms with Gasteiger partial charge in [-0.3, -0.25) is 0 Å². The predicted octanol–water partition coefficient (Wildman–Crippen LogP) is 5.44. The quantitative estimate of drug-likeness (QED) is 0.683. The summed E-state index contributed by atoms with van der Waals surface area (Å²) in [6, 6.07) is 7.86. The second kappa shape index (κ2) is 5.38. The molecule has 0 fully saturated rings. The van der Waals surface area contributed by atoms with Gasteiger partial charge in [-0.15, -0.1) is 11.6 Å². The molecule has 0 radical (unpaired) electrons. The summed E-state index contributed by atoms with van der Waals surface area (Å²) in [4.78, 5) is 0. The topological polar surface area (TPSA) is 13.1 Å². The molecule has 0 aliphatic carbocycles. The predicted molar refractivity (Wildman–Crippen MR) is 76.7 cm³/mol. The van der Waals surface area contributed by atoms with Crippen LogP contribution in [-0.4, -0.2) is 0 Å². The molecular weight excluding hydrogens is 267 g/mol. The fourth-order valence-corrected chi connectivity index (χ4v) is 2.55. The van der Waals surface area contributed by atoms with Crippen LogP contribution >= 0.6 is 23.2 Å². The number of rotatable bonds is 3. The molecule has 18 heavy (non-hydrogen) atoms. The van der Waals surface area contributed by atoms with E-state index in [1.807, 2.05) is 31.2 Å². The molecule has 96 valence electrons. The Kier molecular flexibility index (Phi) is 4.04. The van der Waals surface area contributed by atoms with Crippen molar-refractivity contribution in [3.8, 4) is 0 Å². The van der Waals surface area contributed by atoms with Gasteiger partial charge in [-0.1, -0.05) is 24.6 Å². The maximum atomic E-state index is 6.45. The summed E-state index contributed by atoms with van der Waals surface area (Å²) in [5, 5.41) is 0.352. The lowest BCUT2D eigenvalue weighted by Gasteiger charge is -2.12. The van der Waals surface area contributed by atoms with Crippen LogP contribution in [0.2, 0.25) is 5.02 Å². The molecule has 0 bridgehead atoms. The van der Waals surface area contributed by atoms with Crippen LogP contribution in [0.3, 0.4) is 0 Å². The van der Waals surface area contributed by atoms with Crippen molar-refractivity contribution >= 4 is 23.2 Å². The Balaban J connectivity index is 2.39. The van der Waals surface area contributed by atoms with Crippen LogP contribution in [0.4, 0.5) is 0 Å². The molecule has 0 saturated carbocycles. The van der Waals surface area contributed by atoms with Crippen molar-refractivity contribution in [2.45, 2.75) is 32.6 Å². The van der Waals surface area contributed by atoms with Crippen molar-refractivity contribution in [3.05, 3.63) is 57.5 Å². The molecule has 3 heteroatoms. The largest absolute Gasteiger partial charge is 0.464 e. The lowest BCUT2D eigenvalue weighted by molar-refractivity contribution is 0.474. The van der Waals surface area contributed by atoms with E-state index < -0.39 is 0 Å². The summed E-state index contributed by atoms with van der Waals surface area (Å²) in [6.45, 7) is 6.14. The van der Waals surface area contributed by atoms with Gasteiger partial charge in [-0.05, 0) is 48.7 Å². The first-order valence-corrected chi connectivity index (χ1v) is 6.83. The van der Waals surface area contributed by atoms with Gasteiger partial charge in [0.1, 0.15) is 16.9 Å². The van der Waals surface area contributed by atoms with Gasteiger partial charge in [0.2, 0.25) is 0 Å². The molecule has 0 amide bonds. The number of hydrogen-bond donors (Lipinski definition) is 0. The molecule has 1 unspecified atom stereocenters. The van der Waals surface area contributed by atoms with Crippen LogP contribution in [0.15, 0.2) is 28.7 Å². The standard InChI is InChI=1S/C15H16Cl2O/c1-4-11-5-6-14(18-11)15(17)12-7-9(2)10(3)8-13(12)16/h5-8,15H,4H2,1-3H3. The minimum Gasteiger partial charge on any atom is -0.464 e. The minimum absolute atomic E-state index is 0.336. The molecule has 0 spiro atoms. The van der Waals surface area contributed by atoms with Crippen molar-refractivity contribution in [3.63, 3.8) is 0 Å². The van der Waals surface area contributed by atoms with Gasteiger partial charge in [0.25, 0.3) is 0 Å². The van der Waals surface area contributed by atoms with Gasteiger partial charge in [-0.25, -0.2) is 0 Å². The smallest absolute Gasteiger partial charge is 0.126 e. The lowest BCUT2D eigenvalue weighted by atomic mass is 10.0. The molecule has 1 nitrogen and oxygen atoms in total. The summed E-state index contributed by atoms with van der Waals surface area (Å²) in [7, 11) is 0. The highest BCUT2D eigenvalue weighted by Gasteiger charge is 2.18. The fraction of sp³-hybridized carbons (Fsp3) is 0.333. The summed E-state index contributed by atoms with van der Waals surface area (Å²) < 4.78 is 5.68. The van der Waals surface area contributed by atoms with Crippen molar-refractivity contribution in [2.24, 2.45) is 0 Å². The summed E-state index contributed by atoms with van der Waals surface area (Å²) in [5.41, 5.74) is 3.25. The molecule has 0 N–H and O–H groups in total. The van der Waals surface area contributed by atoms with Gasteiger partial charge in [0.05, 0.1) is 0 Å². The molecule has 2 aromatic rings. The van der Waals surface area contributed by atoms with E-state index in [0.29, 0.717) is 5.02 Å². The van der Waals surface area contributed by atoms with Crippen LogP contribution in [0.5, 0.6) is 0 Å². The maximum absolute atomic E-state index is 6.45. The van der Waals surface area contributed by atoms with E-state index in [0.717, 1.165) is 23.5 Å². The normalized spacial score (nSPS) is 12.7. The van der Waals surface area contributed by atoms with E-state index in [1.54, 1.807) is 0 Å². The van der Waals surface area contributed by atoms with E-state index in [2.05, 4.69) is 13.8 Å². The van der Waals surface area contributed by atoms with Crippen LogP contribution < -0.4 is 0 Å². The summed E-state index contributed by atoms with van der Waals surface area (Å²) >= 11 is 12.7. The zero-order chi connectivity index (χ0) is 13.3. The number of benzene rings is 1. The Morgan fingerprint density at radius 1 is 1.17 bits per heavy atom. The monoisotopic (exact) mass is 282 g/mol. The molecule has 0 aliphatic rings. The first-order valence-electron chi connectivity index (χ1n) is 6.02. The first kappa shape index (κ1) is 13.5. The Morgan fingerprint density at radius 2 is 1.83 bits per heavy atom. The molecular formula is C15H16Cl2O. The van der Waals surface area contributed by atoms with Crippen LogP contribution in [0, 0.1) is 13.8 Å². The number of hydrogen-bond acceptors (Lipinski definition) is 1. The first-order chi connectivity index (χ1) is 8.52. The summed E-state index contributed by atoms with van der Waals surface area (Å²) in [6.07, 6.45) is 0.865. The molecule has 1 atom stereocenters. The number of furan rings is 1. The van der Waals surface area contributed by atoms with Gasteiger partial charge in [0.15, 0.2) is 0 Å². The van der Waals surface area contributed by atoms with Gasteiger partial charge < -0.3 is 4.42 Å². The zero-order valence-corrected chi connectivity index (χ0v) is 12.3. The van der Waals surface area contributed by atoms with E-state index in [-0.39, 0.29) is 5.38 Å². The third-order valence-corrected chi connectivity index (χ3v) is 3.94. The Hall–Kier alpha value is -0.920. The highest BCUT2D eigenvalue weighted by molar-refractivity contribution is 6.33. The second-order valence-corrected chi connectivity index (χ2v) is 5.32. The average Bonchev–Trinajstić information content (AvgIpc) is 2.81. The molecule has 1 aromatic carbocycles. The van der Waals surface area contributed by atoms with E-state index >= 15 is 0 Å². The molecule has 0 saturated heterocycles. The van der Waals surface area contributed by atoms with Crippen LogP contribution in [0.25, 0.3) is 0 Å².